The van der Waals surface area contributed by atoms with E-state index in [2.05, 4.69) is 20.7 Å². The molecule has 2 amide bonds. The molecular formula is C20H20FN5O5. The molecule has 0 aliphatic heterocycles. The molecule has 0 unspecified atom stereocenters. The van der Waals surface area contributed by atoms with Gasteiger partial charge in [-0.1, -0.05) is 23.3 Å². The quantitative estimate of drug-likeness (QED) is 0.258. The molecule has 0 radical (unpaired) electrons. The topological polar surface area (TPSA) is 164 Å². The monoisotopic (exact) mass is 429 g/mol. The molecule has 0 fully saturated rings. The molecule has 2 aromatic carbocycles. The molecule has 0 aromatic heterocycles. The van der Waals surface area contributed by atoms with Crippen LogP contribution in [0.3, 0.4) is 0 Å². The molecule has 0 aliphatic rings. The highest BCUT2D eigenvalue weighted by atomic mass is 19.1. The Kier molecular flexibility index (Phi) is 8.35. The van der Waals surface area contributed by atoms with Gasteiger partial charge in [0.15, 0.2) is 11.6 Å². The molecule has 0 saturated carbocycles. The van der Waals surface area contributed by atoms with E-state index in [4.69, 9.17) is 10.6 Å². The number of azide groups is 1. The maximum atomic E-state index is 13.1. The van der Waals surface area contributed by atoms with Crippen LogP contribution in [0.25, 0.3) is 10.4 Å². The fraction of sp³-hybridized carbons (Fsp3) is 0.250. The Morgan fingerprint density at radius 3 is 2.42 bits per heavy atom. The van der Waals surface area contributed by atoms with Crippen LogP contribution < -0.4 is 10.6 Å². The van der Waals surface area contributed by atoms with Crippen LogP contribution in [0.2, 0.25) is 0 Å². The van der Waals surface area contributed by atoms with Crippen LogP contribution in [0, 0.1) is 5.82 Å². The van der Waals surface area contributed by atoms with Gasteiger partial charge in [0.2, 0.25) is 5.91 Å². The van der Waals surface area contributed by atoms with Crippen molar-refractivity contribution in [2.75, 3.05) is 6.54 Å². The first-order valence-electron chi connectivity index (χ1n) is 9.15. The standard InChI is InChI=1S/C20H20FN5O5/c21-16-6-3-13(7-17(16)27)8-18(28)23-10-12-1-4-14(5-2-12)20(31)25-15(9-19(29)30)11-24-26-22/h1-7,15,27H,8-11H2,(H,23,28)(H,25,31)(H,29,30)/t15-/m0/s1. The van der Waals surface area contributed by atoms with E-state index in [0.717, 1.165) is 6.07 Å². The minimum absolute atomic E-state index is 0.0372. The third-order valence-electron chi connectivity index (χ3n) is 4.20. The summed E-state index contributed by atoms with van der Waals surface area (Å²) in [6.07, 6.45) is -0.425. The number of rotatable bonds is 10. The molecule has 10 nitrogen and oxygen atoms in total. The van der Waals surface area contributed by atoms with E-state index in [1.54, 1.807) is 12.1 Å². The van der Waals surface area contributed by atoms with Gasteiger partial charge in [-0.05, 0) is 40.9 Å². The number of nitrogens with zero attached hydrogens (tertiary/aromatic N) is 3. The van der Waals surface area contributed by atoms with E-state index in [9.17, 15) is 23.9 Å². The number of phenols is 1. The number of carboxylic acid groups (broad SMARTS) is 1. The number of nitrogens with one attached hydrogen (secondary N) is 2. The third-order valence-corrected chi connectivity index (χ3v) is 4.20. The van der Waals surface area contributed by atoms with Crippen molar-refractivity contribution in [1.82, 2.24) is 10.6 Å². The maximum absolute atomic E-state index is 13.1. The summed E-state index contributed by atoms with van der Waals surface area (Å²) in [5.74, 6) is -3.28. The number of halogens is 1. The number of aromatic hydroxyl groups is 1. The second-order valence-electron chi connectivity index (χ2n) is 6.62. The molecule has 0 spiro atoms. The number of amides is 2. The zero-order valence-electron chi connectivity index (χ0n) is 16.3. The summed E-state index contributed by atoms with van der Waals surface area (Å²) in [4.78, 5) is 37.7. The lowest BCUT2D eigenvalue weighted by molar-refractivity contribution is -0.137. The zero-order valence-corrected chi connectivity index (χ0v) is 16.3. The SMILES string of the molecule is [N-]=[N+]=NC[C@H](CC(=O)O)NC(=O)c1ccc(CNC(=O)Cc2ccc(F)c(O)c2)cc1. The van der Waals surface area contributed by atoms with Crippen molar-refractivity contribution in [1.29, 1.82) is 0 Å². The van der Waals surface area contributed by atoms with Crippen molar-refractivity contribution < 1.29 is 29.0 Å². The fourth-order valence-corrected chi connectivity index (χ4v) is 2.67. The summed E-state index contributed by atoms with van der Waals surface area (Å²) >= 11 is 0. The molecule has 0 bridgehead atoms. The summed E-state index contributed by atoms with van der Waals surface area (Å²) in [5, 5.41) is 26.7. The lowest BCUT2D eigenvalue weighted by atomic mass is 10.1. The maximum Gasteiger partial charge on any atom is 0.305 e. The van der Waals surface area contributed by atoms with Crippen molar-refractivity contribution in [3.05, 3.63) is 75.4 Å². The Hall–Kier alpha value is -4.11. The van der Waals surface area contributed by atoms with Crippen LogP contribution in [-0.4, -0.2) is 40.6 Å². The molecule has 2 aromatic rings. The van der Waals surface area contributed by atoms with Gasteiger partial charge in [0.25, 0.3) is 5.91 Å². The normalized spacial score (nSPS) is 11.1. The molecule has 162 valence electrons. The molecule has 0 heterocycles. The zero-order chi connectivity index (χ0) is 22.8. The van der Waals surface area contributed by atoms with Gasteiger partial charge in [0.05, 0.1) is 12.8 Å². The van der Waals surface area contributed by atoms with E-state index in [-0.39, 0.29) is 37.4 Å². The Morgan fingerprint density at radius 1 is 1.13 bits per heavy atom. The van der Waals surface area contributed by atoms with E-state index >= 15 is 0 Å². The second-order valence-corrected chi connectivity index (χ2v) is 6.62. The molecule has 0 saturated heterocycles. The number of hydrogen-bond acceptors (Lipinski definition) is 5. The molecular weight excluding hydrogens is 409 g/mol. The highest BCUT2D eigenvalue weighted by Gasteiger charge is 2.16. The van der Waals surface area contributed by atoms with Gasteiger partial charge >= 0.3 is 5.97 Å². The Morgan fingerprint density at radius 2 is 1.81 bits per heavy atom. The Balaban J connectivity index is 1.89. The van der Waals surface area contributed by atoms with Crippen molar-refractivity contribution in [3.8, 4) is 5.75 Å². The molecule has 1 atom stereocenters. The number of hydrogen-bond donors (Lipinski definition) is 4. The van der Waals surface area contributed by atoms with E-state index in [1.165, 1.54) is 24.3 Å². The Bertz CT molecular complexity index is 1000. The first kappa shape index (κ1) is 23.2. The molecule has 0 aliphatic carbocycles. The van der Waals surface area contributed by atoms with Gasteiger partial charge < -0.3 is 20.8 Å². The van der Waals surface area contributed by atoms with Crippen LogP contribution in [-0.2, 0) is 22.6 Å². The largest absolute Gasteiger partial charge is 0.505 e. The Labute approximate surface area is 176 Å². The summed E-state index contributed by atoms with van der Waals surface area (Å²) in [6.45, 7) is -0.00306. The number of carboxylic acids is 1. The van der Waals surface area contributed by atoms with Gasteiger partial charge in [-0.2, -0.15) is 0 Å². The van der Waals surface area contributed by atoms with E-state index in [1.807, 2.05) is 0 Å². The average Bonchev–Trinajstić information content (AvgIpc) is 2.73. The summed E-state index contributed by atoms with van der Waals surface area (Å²) in [6, 6.07) is 9.10. The van der Waals surface area contributed by atoms with E-state index in [0.29, 0.717) is 11.1 Å². The number of carbonyl (C=O) groups is 3. The number of phenolic OH excluding ortho intramolecular Hbond substituents is 1. The highest BCUT2D eigenvalue weighted by molar-refractivity contribution is 5.94. The van der Waals surface area contributed by atoms with Crippen molar-refractivity contribution in [2.24, 2.45) is 5.11 Å². The lowest BCUT2D eigenvalue weighted by Gasteiger charge is -2.14. The average molecular weight is 429 g/mol. The van der Waals surface area contributed by atoms with Crippen LogP contribution >= 0.6 is 0 Å². The van der Waals surface area contributed by atoms with E-state index < -0.39 is 29.5 Å². The van der Waals surface area contributed by atoms with Crippen LogP contribution in [0.15, 0.2) is 47.6 Å². The van der Waals surface area contributed by atoms with Crippen LogP contribution in [0.4, 0.5) is 4.39 Å². The van der Waals surface area contributed by atoms with Crippen molar-refractivity contribution >= 4 is 17.8 Å². The number of benzene rings is 2. The first-order valence-corrected chi connectivity index (χ1v) is 9.15. The second kappa shape index (κ2) is 11.2. The predicted molar refractivity (Wildman–Crippen MR) is 108 cm³/mol. The predicted octanol–water partition coefficient (Wildman–Crippen LogP) is 2.27. The van der Waals surface area contributed by atoms with Crippen LogP contribution in [0.5, 0.6) is 5.75 Å². The molecule has 31 heavy (non-hydrogen) atoms. The van der Waals surface area contributed by atoms with Gasteiger partial charge in [-0.25, -0.2) is 4.39 Å². The lowest BCUT2D eigenvalue weighted by Crippen LogP contribution is -2.38. The number of carbonyl (C=O) groups excluding carboxylic acids is 2. The van der Waals surface area contributed by atoms with Gasteiger partial charge in [-0.3, -0.25) is 14.4 Å². The number of aliphatic carboxylic acids is 1. The van der Waals surface area contributed by atoms with Gasteiger partial charge in [0.1, 0.15) is 0 Å². The first-order chi connectivity index (χ1) is 14.8. The van der Waals surface area contributed by atoms with Gasteiger partial charge in [0, 0.05) is 29.6 Å². The van der Waals surface area contributed by atoms with Crippen molar-refractivity contribution in [2.45, 2.75) is 25.4 Å². The summed E-state index contributed by atoms with van der Waals surface area (Å²) < 4.78 is 13.1. The van der Waals surface area contributed by atoms with Crippen LogP contribution in [0.1, 0.15) is 27.9 Å². The van der Waals surface area contributed by atoms with Gasteiger partial charge in [-0.15, -0.1) is 0 Å². The minimum atomic E-state index is -1.14. The summed E-state index contributed by atoms with van der Waals surface area (Å²) in [5.41, 5.74) is 9.81. The summed E-state index contributed by atoms with van der Waals surface area (Å²) in [7, 11) is 0. The highest BCUT2D eigenvalue weighted by Crippen LogP contribution is 2.17. The molecule has 2 rings (SSSR count). The molecule has 4 N–H and O–H groups in total. The minimum Gasteiger partial charge on any atom is -0.505 e. The molecule has 11 heteroatoms. The van der Waals surface area contributed by atoms with Crippen molar-refractivity contribution in [3.63, 3.8) is 0 Å². The fourth-order valence-electron chi connectivity index (χ4n) is 2.67. The smallest absolute Gasteiger partial charge is 0.305 e. The third kappa shape index (κ3) is 7.67.